The minimum absolute atomic E-state index is 0.00846. The maximum absolute atomic E-state index is 12.1. The second kappa shape index (κ2) is 6.25. The zero-order valence-electron chi connectivity index (χ0n) is 11.5. The summed E-state index contributed by atoms with van der Waals surface area (Å²) in [5.41, 5.74) is 0.671. The van der Waals surface area contributed by atoms with Gasteiger partial charge < -0.3 is 15.0 Å². The third kappa shape index (κ3) is 4.03. The molecule has 0 radical (unpaired) electrons. The maximum atomic E-state index is 12.1. The van der Waals surface area contributed by atoms with Gasteiger partial charge in [-0.1, -0.05) is 0 Å². The van der Waals surface area contributed by atoms with Gasteiger partial charge in [-0.15, -0.1) is 0 Å². The summed E-state index contributed by atoms with van der Waals surface area (Å²) in [6.45, 7) is 0. The number of esters is 1. The predicted octanol–water partition coefficient (Wildman–Crippen LogP) is -0.955. The molecule has 1 amide bonds. The van der Waals surface area contributed by atoms with E-state index >= 15 is 0 Å². The molecule has 1 aromatic heterocycles. The Morgan fingerprint density at radius 3 is 2.86 bits per heavy atom. The monoisotopic (exact) mass is 315 g/mol. The van der Waals surface area contributed by atoms with Gasteiger partial charge in [0.25, 0.3) is 0 Å². The van der Waals surface area contributed by atoms with Crippen LogP contribution in [0.2, 0.25) is 0 Å². The fourth-order valence-corrected chi connectivity index (χ4v) is 3.98. The number of H-pyrrole nitrogens is 1. The summed E-state index contributed by atoms with van der Waals surface area (Å²) in [4.78, 5) is 30.5. The van der Waals surface area contributed by atoms with Crippen molar-refractivity contribution in [1.29, 1.82) is 0 Å². The Morgan fingerprint density at radius 2 is 2.33 bits per heavy atom. The zero-order chi connectivity index (χ0) is 15.5. The van der Waals surface area contributed by atoms with E-state index in [0.29, 0.717) is 5.69 Å². The smallest absolute Gasteiger partial charge is 0.328 e. The Bertz CT molecular complexity index is 611. The van der Waals surface area contributed by atoms with Gasteiger partial charge >= 0.3 is 5.97 Å². The molecule has 0 aromatic carbocycles. The maximum Gasteiger partial charge on any atom is 0.328 e. The van der Waals surface area contributed by atoms with E-state index < -0.39 is 33.7 Å². The number of aromatic nitrogens is 2. The van der Waals surface area contributed by atoms with Crippen LogP contribution in [0.4, 0.5) is 0 Å². The first kappa shape index (κ1) is 15.5. The summed E-state index contributed by atoms with van der Waals surface area (Å²) in [6, 6.07) is -0.869. The lowest BCUT2D eigenvalue weighted by Crippen LogP contribution is -2.45. The lowest BCUT2D eigenvalue weighted by atomic mass is 10.1. The van der Waals surface area contributed by atoms with E-state index in [1.807, 2.05) is 0 Å². The fourth-order valence-electron chi connectivity index (χ4n) is 2.24. The van der Waals surface area contributed by atoms with Gasteiger partial charge in [0.05, 0.1) is 30.9 Å². The number of methoxy groups -OCH3 is 1. The first-order valence-corrected chi connectivity index (χ1v) is 8.29. The number of aromatic amines is 1. The van der Waals surface area contributed by atoms with Crippen LogP contribution in [0.25, 0.3) is 0 Å². The quantitative estimate of drug-likeness (QED) is 0.676. The molecule has 9 heteroatoms. The molecule has 2 atom stereocenters. The molecule has 0 aliphatic carbocycles. The van der Waals surface area contributed by atoms with Crippen LogP contribution in [0.15, 0.2) is 12.5 Å². The minimum atomic E-state index is -3.15. The van der Waals surface area contributed by atoms with Crippen LogP contribution in [0.1, 0.15) is 12.1 Å². The Kier molecular flexibility index (Phi) is 4.61. The van der Waals surface area contributed by atoms with Crippen molar-refractivity contribution in [1.82, 2.24) is 15.3 Å². The molecule has 1 aromatic rings. The lowest BCUT2D eigenvalue weighted by molar-refractivity contribution is -0.145. The Labute approximate surface area is 122 Å². The molecular formula is C12H17N3O5S. The van der Waals surface area contributed by atoms with Crippen molar-refractivity contribution in [2.24, 2.45) is 5.92 Å². The van der Waals surface area contributed by atoms with E-state index in [9.17, 15) is 18.0 Å². The molecule has 1 aliphatic heterocycles. The van der Waals surface area contributed by atoms with Crippen molar-refractivity contribution in [2.75, 3.05) is 18.6 Å². The molecule has 2 heterocycles. The van der Waals surface area contributed by atoms with Crippen LogP contribution >= 0.6 is 0 Å². The average molecular weight is 315 g/mol. The largest absolute Gasteiger partial charge is 0.467 e. The van der Waals surface area contributed by atoms with Gasteiger partial charge in [-0.05, 0) is 6.42 Å². The van der Waals surface area contributed by atoms with Crippen molar-refractivity contribution in [3.05, 3.63) is 18.2 Å². The normalized spacial score (nSPS) is 21.7. The van der Waals surface area contributed by atoms with Gasteiger partial charge in [0.2, 0.25) is 5.91 Å². The topological polar surface area (TPSA) is 118 Å². The number of hydrogen-bond donors (Lipinski definition) is 2. The van der Waals surface area contributed by atoms with Crippen LogP contribution in [0.5, 0.6) is 0 Å². The molecule has 1 fully saturated rings. The second-order valence-electron chi connectivity index (χ2n) is 4.97. The number of rotatable bonds is 5. The number of hydrogen-bond acceptors (Lipinski definition) is 6. The Hall–Kier alpha value is -1.90. The molecular weight excluding hydrogens is 298 g/mol. The summed E-state index contributed by atoms with van der Waals surface area (Å²) >= 11 is 0. The van der Waals surface area contributed by atoms with Gasteiger partial charge in [-0.2, -0.15) is 0 Å². The molecule has 1 saturated heterocycles. The molecule has 1 aliphatic rings. The second-order valence-corrected chi connectivity index (χ2v) is 7.19. The zero-order valence-corrected chi connectivity index (χ0v) is 12.4. The SMILES string of the molecule is COC(=O)[C@H](Cc1cnc[nH]1)NC(=O)C1CCS(=O)(=O)C1. The number of imidazole rings is 1. The van der Waals surface area contributed by atoms with E-state index in [1.165, 1.54) is 13.4 Å². The Morgan fingerprint density at radius 1 is 1.57 bits per heavy atom. The van der Waals surface area contributed by atoms with Crippen LogP contribution < -0.4 is 5.32 Å². The molecule has 0 bridgehead atoms. The highest BCUT2D eigenvalue weighted by Crippen LogP contribution is 2.18. The number of amides is 1. The Balaban J connectivity index is 2.01. The summed E-state index contributed by atoms with van der Waals surface area (Å²) in [7, 11) is -1.91. The molecule has 116 valence electrons. The highest BCUT2D eigenvalue weighted by atomic mass is 32.2. The number of nitrogens with one attached hydrogen (secondary N) is 2. The first-order chi connectivity index (χ1) is 9.91. The molecule has 2 rings (SSSR count). The summed E-state index contributed by atoms with van der Waals surface area (Å²) in [6.07, 6.45) is 3.50. The highest BCUT2D eigenvalue weighted by Gasteiger charge is 2.35. The lowest BCUT2D eigenvalue weighted by Gasteiger charge is -2.17. The first-order valence-electron chi connectivity index (χ1n) is 6.47. The predicted molar refractivity (Wildman–Crippen MR) is 73.0 cm³/mol. The van der Waals surface area contributed by atoms with Crippen LogP contribution in [0.3, 0.4) is 0 Å². The molecule has 8 nitrogen and oxygen atoms in total. The molecule has 21 heavy (non-hydrogen) atoms. The van der Waals surface area contributed by atoms with Crippen molar-refractivity contribution in [3.8, 4) is 0 Å². The van der Waals surface area contributed by atoms with E-state index in [-0.39, 0.29) is 24.3 Å². The van der Waals surface area contributed by atoms with Crippen molar-refractivity contribution in [3.63, 3.8) is 0 Å². The van der Waals surface area contributed by atoms with Crippen LogP contribution in [0, 0.1) is 5.92 Å². The average Bonchev–Trinajstić information content (AvgIpc) is 3.06. The van der Waals surface area contributed by atoms with E-state index in [4.69, 9.17) is 0 Å². The van der Waals surface area contributed by atoms with Gasteiger partial charge in [0.15, 0.2) is 9.84 Å². The molecule has 1 unspecified atom stereocenters. The summed E-state index contributed by atoms with van der Waals surface area (Å²) in [5.74, 6) is -1.79. The third-order valence-electron chi connectivity index (χ3n) is 3.38. The third-order valence-corrected chi connectivity index (χ3v) is 5.15. The van der Waals surface area contributed by atoms with E-state index in [1.54, 1.807) is 6.20 Å². The van der Waals surface area contributed by atoms with Gasteiger partial charge in [0.1, 0.15) is 6.04 Å². The molecule has 2 N–H and O–H groups in total. The summed E-state index contributed by atoms with van der Waals surface area (Å²) < 4.78 is 27.4. The standard InChI is InChI=1S/C12H17N3O5S/c1-20-12(17)10(4-9-5-13-7-14-9)15-11(16)8-2-3-21(18,19)6-8/h5,7-8,10H,2-4,6H2,1H3,(H,13,14)(H,15,16)/t8?,10-/m0/s1. The van der Waals surface area contributed by atoms with Crippen LogP contribution in [-0.2, 0) is 30.6 Å². The number of nitrogens with zero attached hydrogens (tertiary/aromatic N) is 1. The molecule has 0 saturated carbocycles. The van der Waals surface area contributed by atoms with Crippen molar-refractivity contribution < 1.29 is 22.7 Å². The summed E-state index contributed by atoms with van der Waals surface area (Å²) in [5, 5.41) is 2.56. The number of carbonyl (C=O) groups excluding carboxylic acids is 2. The van der Waals surface area contributed by atoms with E-state index in [0.717, 1.165) is 0 Å². The molecule has 0 spiro atoms. The highest BCUT2D eigenvalue weighted by molar-refractivity contribution is 7.91. The van der Waals surface area contributed by atoms with Crippen molar-refractivity contribution >= 4 is 21.7 Å². The number of ether oxygens (including phenoxy) is 1. The number of carbonyl (C=O) groups is 2. The fraction of sp³-hybridized carbons (Fsp3) is 0.583. The van der Waals surface area contributed by atoms with Gasteiger partial charge in [-0.25, -0.2) is 18.2 Å². The van der Waals surface area contributed by atoms with Crippen LogP contribution in [-0.4, -0.2) is 54.9 Å². The van der Waals surface area contributed by atoms with E-state index in [2.05, 4.69) is 20.0 Å². The minimum Gasteiger partial charge on any atom is -0.467 e. The van der Waals surface area contributed by atoms with Gasteiger partial charge in [0, 0.05) is 18.3 Å². The number of sulfone groups is 1. The van der Waals surface area contributed by atoms with Gasteiger partial charge in [-0.3, -0.25) is 4.79 Å². The van der Waals surface area contributed by atoms with Crippen molar-refractivity contribution in [2.45, 2.75) is 18.9 Å².